The van der Waals surface area contributed by atoms with Crippen LogP contribution in [0.15, 0.2) is 29.1 Å². The Kier molecular flexibility index (Phi) is 2.38. The number of rotatable bonds is 1. The smallest absolute Gasteiger partial charge is 0.191 e. The Morgan fingerprint density at radius 1 is 1.29 bits per heavy atom. The van der Waals surface area contributed by atoms with Crippen molar-refractivity contribution in [3.8, 4) is 0 Å². The predicted molar refractivity (Wildman–Crippen MR) is 62.2 cm³/mol. The Morgan fingerprint density at radius 3 is 2.71 bits per heavy atom. The highest BCUT2D eigenvalue weighted by Crippen LogP contribution is 2.21. The molecule has 2 heteroatoms. The standard InChI is InChI=1S/C12H12OS/c1-3-9-8(2)14-11-7-5-4-6-10(11)12(9)13/h4-7H,3H2,1-2H3. The second-order valence-corrected chi connectivity index (χ2v) is 4.57. The van der Waals surface area contributed by atoms with Gasteiger partial charge < -0.3 is 0 Å². The minimum absolute atomic E-state index is 0.208. The molecule has 0 atom stereocenters. The SMILES string of the molecule is CCc1c(C)sc2ccccc2c1=O. The van der Waals surface area contributed by atoms with Crippen molar-refractivity contribution in [2.45, 2.75) is 20.3 Å². The van der Waals surface area contributed by atoms with Crippen molar-refractivity contribution in [3.63, 3.8) is 0 Å². The van der Waals surface area contributed by atoms with Crippen molar-refractivity contribution in [1.82, 2.24) is 0 Å². The number of aryl methyl sites for hydroxylation is 1. The van der Waals surface area contributed by atoms with Crippen LogP contribution < -0.4 is 5.43 Å². The predicted octanol–water partition coefficient (Wildman–Crippen LogP) is 3.13. The molecule has 0 saturated heterocycles. The fourth-order valence-electron chi connectivity index (χ4n) is 1.70. The van der Waals surface area contributed by atoms with Crippen molar-refractivity contribution >= 4 is 21.4 Å². The molecule has 14 heavy (non-hydrogen) atoms. The monoisotopic (exact) mass is 204 g/mol. The second-order valence-electron chi connectivity index (χ2n) is 3.32. The minimum atomic E-state index is 0.208. The van der Waals surface area contributed by atoms with E-state index in [0.29, 0.717) is 0 Å². The number of fused-ring (bicyclic) bond motifs is 1. The van der Waals surface area contributed by atoms with Crippen molar-refractivity contribution in [1.29, 1.82) is 0 Å². The molecule has 0 saturated carbocycles. The maximum atomic E-state index is 12.0. The highest BCUT2D eigenvalue weighted by molar-refractivity contribution is 7.18. The average molecular weight is 204 g/mol. The molecule has 2 rings (SSSR count). The van der Waals surface area contributed by atoms with Gasteiger partial charge in [-0.1, -0.05) is 19.1 Å². The zero-order valence-electron chi connectivity index (χ0n) is 8.33. The lowest BCUT2D eigenvalue weighted by Crippen LogP contribution is -2.08. The molecule has 0 radical (unpaired) electrons. The van der Waals surface area contributed by atoms with Crippen LogP contribution in [0.2, 0.25) is 0 Å². The first-order valence-electron chi connectivity index (χ1n) is 4.75. The summed E-state index contributed by atoms with van der Waals surface area (Å²) >= 11 is 1.71. The summed E-state index contributed by atoms with van der Waals surface area (Å²) in [5.74, 6) is 0. The first kappa shape index (κ1) is 9.41. The molecule has 1 nitrogen and oxygen atoms in total. The summed E-state index contributed by atoms with van der Waals surface area (Å²) < 4.78 is 1.09. The molecule has 0 bridgehead atoms. The number of benzene rings is 1. The third-order valence-electron chi connectivity index (χ3n) is 2.45. The van der Waals surface area contributed by atoms with E-state index in [4.69, 9.17) is 0 Å². The molecule has 1 aromatic heterocycles. The van der Waals surface area contributed by atoms with Gasteiger partial charge in [0.2, 0.25) is 0 Å². The molecule has 2 aromatic rings. The zero-order chi connectivity index (χ0) is 10.1. The van der Waals surface area contributed by atoms with Gasteiger partial charge in [0.1, 0.15) is 0 Å². The van der Waals surface area contributed by atoms with E-state index in [1.807, 2.05) is 38.1 Å². The van der Waals surface area contributed by atoms with Crippen molar-refractivity contribution in [2.75, 3.05) is 0 Å². The molecule has 1 aromatic carbocycles. The molecular formula is C12H12OS. The molecule has 0 spiro atoms. The maximum Gasteiger partial charge on any atom is 0.191 e. The van der Waals surface area contributed by atoms with Gasteiger partial charge in [-0.25, -0.2) is 0 Å². The van der Waals surface area contributed by atoms with Gasteiger partial charge in [-0.05, 0) is 25.5 Å². The Morgan fingerprint density at radius 2 is 2.00 bits per heavy atom. The lowest BCUT2D eigenvalue weighted by molar-refractivity contribution is 1.11. The number of hydrogen-bond donors (Lipinski definition) is 0. The average Bonchev–Trinajstić information content (AvgIpc) is 2.18. The van der Waals surface area contributed by atoms with E-state index in [1.54, 1.807) is 11.3 Å². The van der Waals surface area contributed by atoms with Gasteiger partial charge in [0.25, 0.3) is 0 Å². The fraction of sp³-hybridized carbons (Fsp3) is 0.250. The largest absolute Gasteiger partial charge is 0.289 e. The molecule has 0 fully saturated rings. The first-order chi connectivity index (χ1) is 6.74. The van der Waals surface area contributed by atoms with Gasteiger partial charge in [0, 0.05) is 20.5 Å². The summed E-state index contributed by atoms with van der Waals surface area (Å²) in [6.07, 6.45) is 0.825. The second kappa shape index (κ2) is 3.54. The topological polar surface area (TPSA) is 17.1 Å². The summed E-state index contributed by atoms with van der Waals surface area (Å²) in [4.78, 5) is 13.1. The first-order valence-corrected chi connectivity index (χ1v) is 5.57. The van der Waals surface area contributed by atoms with Gasteiger partial charge >= 0.3 is 0 Å². The molecule has 72 valence electrons. The lowest BCUT2D eigenvalue weighted by Gasteiger charge is -2.03. The van der Waals surface area contributed by atoms with Gasteiger partial charge in [-0.15, -0.1) is 11.3 Å². The summed E-state index contributed by atoms with van der Waals surface area (Å²) in [6.45, 7) is 4.06. The van der Waals surface area contributed by atoms with Crippen molar-refractivity contribution in [2.24, 2.45) is 0 Å². The third-order valence-corrected chi connectivity index (χ3v) is 3.58. The Hall–Kier alpha value is -1.15. The Bertz CT molecular complexity index is 525. The van der Waals surface area contributed by atoms with Crippen LogP contribution in [0, 0.1) is 6.92 Å². The van der Waals surface area contributed by atoms with Gasteiger partial charge in [-0.3, -0.25) is 4.79 Å². The van der Waals surface area contributed by atoms with E-state index in [-0.39, 0.29) is 5.43 Å². The van der Waals surface area contributed by atoms with E-state index in [1.165, 1.54) is 0 Å². The van der Waals surface area contributed by atoms with Crippen LogP contribution in [0.3, 0.4) is 0 Å². The van der Waals surface area contributed by atoms with Crippen LogP contribution in [0.1, 0.15) is 17.4 Å². The van der Waals surface area contributed by atoms with Crippen molar-refractivity contribution < 1.29 is 0 Å². The molecule has 0 unspecified atom stereocenters. The van der Waals surface area contributed by atoms with Gasteiger partial charge in [0.15, 0.2) is 5.43 Å². The number of hydrogen-bond acceptors (Lipinski definition) is 2. The normalized spacial score (nSPS) is 10.7. The highest BCUT2D eigenvalue weighted by Gasteiger charge is 2.06. The van der Waals surface area contributed by atoms with Crippen LogP contribution in [0.5, 0.6) is 0 Å². The summed E-state index contributed by atoms with van der Waals surface area (Å²) in [5.41, 5.74) is 1.17. The van der Waals surface area contributed by atoms with Crippen LogP contribution in [0.25, 0.3) is 10.1 Å². The fourth-order valence-corrected chi connectivity index (χ4v) is 2.81. The van der Waals surface area contributed by atoms with E-state index in [9.17, 15) is 4.79 Å². The van der Waals surface area contributed by atoms with E-state index in [0.717, 1.165) is 26.9 Å². The maximum absolute atomic E-state index is 12.0. The molecule has 0 aliphatic heterocycles. The third kappa shape index (κ3) is 1.36. The summed E-state index contributed by atoms with van der Waals surface area (Å²) in [5, 5.41) is 0.861. The van der Waals surface area contributed by atoms with Crippen LogP contribution >= 0.6 is 11.3 Å². The van der Waals surface area contributed by atoms with Crippen molar-refractivity contribution in [3.05, 3.63) is 44.9 Å². The van der Waals surface area contributed by atoms with Crippen LogP contribution in [-0.2, 0) is 6.42 Å². The quantitative estimate of drug-likeness (QED) is 0.697. The molecule has 0 amide bonds. The summed E-state index contributed by atoms with van der Waals surface area (Å²) in [6, 6.07) is 7.81. The van der Waals surface area contributed by atoms with Gasteiger partial charge in [-0.2, -0.15) is 0 Å². The Balaban J connectivity index is 2.93. The zero-order valence-corrected chi connectivity index (χ0v) is 9.15. The lowest BCUT2D eigenvalue weighted by atomic mass is 10.1. The van der Waals surface area contributed by atoms with Crippen LogP contribution in [0.4, 0.5) is 0 Å². The van der Waals surface area contributed by atoms with E-state index < -0.39 is 0 Å². The molecule has 0 aliphatic rings. The molecule has 0 N–H and O–H groups in total. The summed E-state index contributed by atoms with van der Waals surface area (Å²) in [7, 11) is 0. The molecular weight excluding hydrogens is 192 g/mol. The van der Waals surface area contributed by atoms with E-state index in [2.05, 4.69) is 0 Å². The van der Waals surface area contributed by atoms with Gasteiger partial charge in [0.05, 0.1) is 0 Å². The highest BCUT2D eigenvalue weighted by atomic mass is 32.1. The minimum Gasteiger partial charge on any atom is -0.289 e. The van der Waals surface area contributed by atoms with E-state index >= 15 is 0 Å². The van der Waals surface area contributed by atoms with Crippen LogP contribution in [-0.4, -0.2) is 0 Å². The molecule has 0 aliphatic carbocycles. The molecule has 1 heterocycles. The Labute approximate surface area is 87.0 Å².